The van der Waals surface area contributed by atoms with Crippen LogP contribution in [0.25, 0.3) is 0 Å². The Bertz CT molecular complexity index is 324. The second-order valence-corrected chi connectivity index (χ2v) is 5.51. The number of carbonyl (C=O) groups excluding carboxylic acids is 1. The lowest BCUT2D eigenvalue weighted by Crippen LogP contribution is -2.34. The molecule has 3 N–H and O–H groups in total. The molecule has 2 fully saturated rings. The molecule has 18 heavy (non-hydrogen) atoms. The smallest absolute Gasteiger partial charge is 0.303 e. The van der Waals surface area contributed by atoms with Crippen LogP contribution in [0.5, 0.6) is 0 Å². The third-order valence-electron chi connectivity index (χ3n) is 4.22. The van der Waals surface area contributed by atoms with Crippen molar-refractivity contribution in [1.82, 2.24) is 10.6 Å². The van der Waals surface area contributed by atoms with E-state index in [0.29, 0.717) is 13.0 Å². The second kappa shape index (κ2) is 5.69. The fraction of sp³-hybridized carbons (Fsp3) is 0.846. The maximum absolute atomic E-state index is 11.9. The molecule has 2 aliphatic rings. The average molecular weight is 254 g/mol. The van der Waals surface area contributed by atoms with E-state index in [4.69, 9.17) is 5.11 Å². The van der Waals surface area contributed by atoms with Gasteiger partial charge in [0, 0.05) is 18.9 Å². The molecule has 5 heteroatoms. The standard InChI is InChI=1S/C13H22N2O3/c16-11(17)3-1-2-6-15-12(18)10-9-13(10)4-7-14-8-5-13/h10,14H,1-9H2,(H,15,18)(H,16,17). The number of carbonyl (C=O) groups is 2. The summed E-state index contributed by atoms with van der Waals surface area (Å²) >= 11 is 0. The number of hydrogen-bond acceptors (Lipinski definition) is 3. The van der Waals surface area contributed by atoms with Gasteiger partial charge in [-0.1, -0.05) is 0 Å². The van der Waals surface area contributed by atoms with Gasteiger partial charge in [0.25, 0.3) is 0 Å². The van der Waals surface area contributed by atoms with E-state index in [1.165, 1.54) is 0 Å². The predicted molar refractivity (Wildman–Crippen MR) is 67.1 cm³/mol. The van der Waals surface area contributed by atoms with Gasteiger partial charge < -0.3 is 15.7 Å². The van der Waals surface area contributed by atoms with Crippen LogP contribution in [0.4, 0.5) is 0 Å². The number of piperidine rings is 1. The van der Waals surface area contributed by atoms with Gasteiger partial charge in [0.15, 0.2) is 0 Å². The summed E-state index contributed by atoms with van der Waals surface area (Å²) in [6.07, 6.45) is 4.84. The topological polar surface area (TPSA) is 78.4 Å². The van der Waals surface area contributed by atoms with Crippen molar-refractivity contribution in [1.29, 1.82) is 0 Å². The number of carboxylic acids is 1. The summed E-state index contributed by atoms with van der Waals surface area (Å²) < 4.78 is 0. The van der Waals surface area contributed by atoms with E-state index in [-0.39, 0.29) is 23.7 Å². The zero-order valence-corrected chi connectivity index (χ0v) is 10.7. The van der Waals surface area contributed by atoms with E-state index >= 15 is 0 Å². The summed E-state index contributed by atoms with van der Waals surface area (Å²) in [5, 5.41) is 14.8. The summed E-state index contributed by atoms with van der Waals surface area (Å²) in [7, 11) is 0. The molecule has 5 nitrogen and oxygen atoms in total. The first kappa shape index (κ1) is 13.3. The third-order valence-corrected chi connectivity index (χ3v) is 4.22. The van der Waals surface area contributed by atoms with Crippen molar-refractivity contribution in [3.05, 3.63) is 0 Å². The van der Waals surface area contributed by atoms with Crippen LogP contribution in [0.3, 0.4) is 0 Å². The maximum atomic E-state index is 11.9. The number of aliphatic carboxylic acids is 1. The summed E-state index contributed by atoms with van der Waals surface area (Å²) in [6, 6.07) is 0. The van der Waals surface area contributed by atoms with Crippen LogP contribution in [0.2, 0.25) is 0 Å². The Morgan fingerprint density at radius 2 is 2.00 bits per heavy atom. The van der Waals surface area contributed by atoms with E-state index in [2.05, 4.69) is 10.6 Å². The van der Waals surface area contributed by atoms with Crippen molar-refractivity contribution in [2.24, 2.45) is 11.3 Å². The van der Waals surface area contributed by atoms with Crippen LogP contribution in [-0.2, 0) is 9.59 Å². The van der Waals surface area contributed by atoms with Crippen LogP contribution in [0.1, 0.15) is 38.5 Å². The molecular weight excluding hydrogens is 232 g/mol. The minimum absolute atomic E-state index is 0.173. The highest BCUT2D eigenvalue weighted by Gasteiger charge is 2.57. The Morgan fingerprint density at radius 1 is 1.28 bits per heavy atom. The first-order valence-electron chi connectivity index (χ1n) is 6.84. The maximum Gasteiger partial charge on any atom is 0.303 e. The van der Waals surface area contributed by atoms with Crippen LogP contribution >= 0.6 is 0 Å². The number of carboxylic acid groups (broad SMARTS) is 1. The molecule has 1 aliphatic carbocycles. The largest absolute Gasteiger partial charge is 0.481 e. The molecule has 0 bridgehead atoms. The van der Waals surface area contributed by atoms with E-state index in [9.17, 15) is 9.59 Å². The molecule has 1 amide bonds. The van der Waals surface area contributed by atoms with Crippen LogP contribution in [0.15, 0.2) is 0 Å². The minimum atomic E-state index is -0.767. The number of nitrogens with one attached hydrogen (secondary N) is 2. The molecule has 0 aromatic rings. The molecule has 2 rings (SSSR count). The van der Waals surface area contributed by atoms with Crippen LogP contribution in [-0.4, -0.2) is 36.6 Å². The highest BCUT2D eigenvalue weighted by molar-refractivity contribution is 5.82. The summed E-state index contributed by atoms with van der Waals surface area (Å²) in [5.74, 6) is -0.386. The number of hydrogen-bond donors (Lipinski definition) is 3. The highest BCUT2D eigenvalue weighted by Crippen LogP contribution is 2.58. The van der Waals surface area contributed by atoms with Gasteiger partial charge in [-0.3, -0.25) is 9.59 Å². The van der Waals surface area contributed by atoms with E-state index in [0.717, 1.165) is 38.8 Å². The van der Waals surface area contributed by atoms with Crippen molar-refractivity contribution in [3.63, 3.8) is 0 Å². The van der Waals surface area contributed by atoms with Gasteiger partial charge in [0.05, 0.1) is 0 Å². The number of unbranched alkanes of at least 4 members (excludes halogenated alkanes) is 1. The van der Waals surface area contributed by atoms with Gasteiger partial charge in [-0.05, 0) is 50.6 Å². The monoisotopic (exact) mass is 254 g/mol. The van der Waals surface area contributed by atoms with Crippen molar-refractivity contribution >= 4 is 11.9 Å². The fourth-order valence-electron chi connectivity index (χ4n) is 2.93. The first-order chi connectivity index (χ1) is 8.64. The summed E-state index contributed by atoms with van der Waals surface area (Å²) in [6.45, 7) is 2.67. The zero-order valence-electron chi connectivity index (χ0n) is 10.7. The fourth-order valence-corrected chi connectivity index (χ4v) is 2.93. The SMILES string of the molecule is O=C(O)CCCCNC(=O)C1CC12CCNCC2. The Kier molecular flexibility index (Phi) is 4.22. The Morgan fingerprint density at radius 3 is 2.67 bits per heavy atom. The van der Waals surface area contributed by atoms with Gasteiger partial charge in [-0.15, -0.1) is 0 Å². The molecule has 1 heterocycles. The predicted octanol–water partition coefficient (Wildman–Crippen LogP) is 0.747. The van der Waals surface area contributed by atoms with Gasteiger partial charge in [-0.25, -0.2) is 0 Å². The minimum Gasteiger partial charge on any atom is -0.481 e. The van der Waals surface area contributed by atoms with Gasteiger partial charge >= 0.3 is 5.97 Å². The van der Waals surface area contributed by atoms with E-state index < -0.39 is 5.97 Å². The van der Waals surface area contributed by atoms with Gasteiger partial charge in [0.1, 0.15) is 0 Å². The molecule has 102 valence electrons. The first-order valence-corrected chi connectivity index (χ1v) is 6.84. The van der Waals surface area contributed by atoms with E-state index in [1.807, 2.05) is 0 Å². The second-order valence-electron chi connectivity index (χ2n) is 5.51. The lowest BCUT2D eigenvalue weighted by molar-refractivity contribution is -0.137. The van der Waals surface area contributed by atoms with Crippen molar-refractivity contribution in [2.45, 2.75) is 38.5 Å². The summed E-state index contributed by atoms with van der Waals surface area (Å²) in [4.78, 5) is 22.3. The quantitative estimate of drug-likeness (QED) is 0.611. The van der Waals surface area contributed by atoms with Gasteiger partial charge in [-0.2, -0.15) is 0 Å². The molecular formula is C13H22N2O3. The Labute approximate surface area is 107 Å². The molecule has 1 saturated carbocycles. The van der Waals surface area contributed by atoms with Crippen molar-refractivity contribution in [2.75, 3.05) is 19.6 Å². The molecule has 1 atom stereocenters. The molecule has 1 saturated heterocycles. The molecule has 0 aromatic heterocycles. The van der Waals surface area contributed by atoms with Crippen LogP contribution < -0.4 is 10.6 Å². The number of rotatable bonds is 6. The Balaban J connectivity index is 1.60. The molecule has 1 aliphatic heterocycles. The lowest BCUT2D eigenvalue weighted by atomic mass is 9.92. The Hall–Kier alpha value is -1.10. The summed E-state index contributed by atoms with van der Waals surface area (Å²) in [5.41, 5.74) is 0.288. The van der Waals surface area contributed by atoms with Gasteiger partial charge in [0.2, 0.25) is 5.91 Å². The normalized spacial score (nSPS) is 24.8. The molecule has 0 radical (unpaired) electrons. The van der Waals surface area contributed by atoms with Crippen LogP contribution in [0, 0.1) is 11.3 Å². The average Bonchev–Trinajstić information content (AvgIpc) is 3.03. The lowest BCUT2D eigenvalue weighted by Gasteiger charge is -2.23. The molecule has 1 spiro atoms. The molecule has 0 aromatic carbocycles. The third kappa shape index (κ3) is 3.22. The zero-order chi connectivity index (χ0) is 13.0. The van der Waals surface area contributed by atoms with Crippen molar-refractivity contribution < 1.29 is 14.7 Å². The highest BCUT2D eigenvalue weighted by atomic mass is 16.4. The van der Waals surface area contributed by atoms with E-state index in [1.54, 1.807) is 0 Å². The van der Waals surface area contributed by atoms with Crippen molar-refractivity contribution in [3.8, 4) is 0 Å². The number of amides is 1. The molecule has 1 unspecified atom stereocenters.